The van der Waals surface area contributed by atoms with Crippen LogP contribution in [0, 0.1) is 12.3 Å². The zero-order valence-electron chi connectivity index (χ0n) is 7.40. The van der Waals surface area contributed by atoms with Gasteiger partial charge in [-0.05, 0) is 24.6 Å². The molecule has 2 heteroatoms. The molecular weight excluding hydrogens is 162 g/mol. The summed E-state index contributed by atoms with van der Waals surface area (Å²) in [5, 5.41) is 9.66. The van der Waals surface area contributed by atoms with Crippen LogP contribution in [-0.2, 0) is 0 Å². The Hall–Kier alpha value is -1.30. The zero-order valence-corrected chi connectivity index (χ0v) is 7.40. The lowest BCUT2D eigenvalue weighted by atomic mass is 10.0. The van der Waals surface area contributed by atoms with Gasteiger partial charge in [0.25, 0.3) is 0 Å². The molecule has 0 aliphatic rings. The van der Waals surface area contributed by atoms with Crippen LogP contribution in [0.1, 0.15) is 23.7 Å². The van der Waals surface area contributed by atoms with Crippen molar-refractivity contribution >= 4 is 0 Å². The van der Waals surface area contributed by atoms with Crippen molar-refractivity contribution in [1.29, 1.82) is 0 Å². The molecule has 1 aromatic carbocycles. The summed E-state index contributed by atoms with van der Waals surface area (Å²) in [6, 6.07) is 7.36. The smallest absolute Gasteiger partial charge is 0.0814 e. The Balaban J connectivity index is 2.93. The number of hydrogen-bond acceptors (Lipinski definition) is 2. The van der Waals surface area contributed by atoms with Crippen molar-refractivity contribution in [2.45, 2.75) is 12.5 Å². The van der Waals surface area contributed by atoms with E-state index in [1.54, 1.807) is 0 Å². The topological polar surface area (TPSA) is 46.2 Å². The molecule has 2 nitrogen and oxygen atoms in total. The van der Waals surface area contributed by atoms with Crippen molar-refractivity contribution in [1.82, 2.24) is 0 Å². The van der Waals surface area contributed by atoms with Crippen molar-refractivity contribution in [3.63, 3.8) is 0 Å². The fraction of sp³-hybridized carbons (Fsp3) is 0.273. The first-order chi connectivity index (χ1) is 6.29. The molecule has 68 valence electrons. The number of terminal acetylenes is 1. The third-order valence-corrected chi connectivity index (χ3v) is 1.92. The Kier molecular flexibility index (Phi) is 3.51. The van der Waals surface area contributed by atoms with Crippen LogP contribution >= 0.6 is 0 Å². The van der Waals surface area contributed by atoms with Gasteiger partial charge in [-0.25, -0.2) is 0 Å². The predicted octanol–water partition coefficient (Wildman–Crippen LogP) is 1.05. The molecule has 0 unspecified atom stereocenters. The number of hydrogen-bond donors (Lipinski definition) is 2. The van der Waals surface area contributed by atoms with E-state index in [1.807, 2.05) is 24.3 Å². The molecule has 0 radical (unpaired) electrons. The summed E-state index contributed by atoms with van der Waals surface area (Å²) in [6.07, 6.45) is 5.29. The second-order valence-electron chi connectivity index (χ2n) is 2.82. The van der Waals surface area contributed by atoms with Gasteiger partial charge in [0, 0.05) is 5.56 Å². The normalized spacial score (nSPS) is 12.1. The Morgan fingerprint density at radius 3 is 2.77 bits per heavy atom. The first kappa shape index (κ1) is 9.79. The van der Waals surface area contributed by atoms with Gasteiger partial charge in [0.05, 0.1) is 6.10 Å². The van der Waals surface area contributed by atoms with E-state index >= 15 is 0 Å². The molecule has 0 aliphatic heterocycles. The molecule has 0 spiro atoms. The number of aliphatic hydroxyl groups excluding tert-OH is 1. The molecule has 13 heavy (non-hydrogen) atoms. The van der Waals surface area contributed by atoms with Gasteiger partial charge in [-0.1, -0.05) is 24.1 Å². The van der Waals surface area contributed by atoms with Crippen molar-refractivity contribution < 1.29 is 5.11 Å². The molecule has 0 saturated carbocycles. The highest BCUT2D eigenvalue weighted by atomic mass is 16.3. The highest BCUT2D eigenvalue weighted by Crippen LogP contribution is 2.19. The Bertz CT molecular complexity index is 314. The Morgan fingerprint density at radius 2 is 2.15 bits per heavy atom. The summed E-state index contributed by atoms with van der Waals surface area (Å²) in [7, 11) is 0. The minimum Gasteiger partial charge on any atom is -0.388 e. The standard InChI is InChI=1S/C11H13NO/c1-2-9-5-3-4-6-10(9)11(13)7-8-12/h1,3-6,11,13H,7-8,12H2/t11-/m0/s1. The highest BCUT2D eigenvalue weighted by molar-refractivity contribution is 5.40. The van der Waals surface area contributed by atoms with Crippen LogP contribution in [0.5, 0.6) is 0 Å². The molecular formula is C11H13NO. The number of aliphatic hydroxyl groups is 1. The fourth-order valence-corrected chi connectivity index (χ4v) is 1.23. The molecule has 1 atom stereocenters. The van der Waals surface area contributed by atoms with Gasteiger partial charge in [0.2, 0.25) is 0 Å². The minimum absolute atomic E-state index is 0.458. The van der Waals surface area contributed by atoms with Crippen molar-refractivity contribution in [3.05, 3.63) is 35.4 Å². The van der Waals surface area contributed by atoms with E-state index in [2.05, 4.69) is 5.92 Å². The monoisotopic (exact) mass is 175 g/mol. The lowest BCUT2D eigenvalue weighted by Crippen LogP contribution is -2.07. The van der Waals surface area contributed by atoms with E-state index in [0.29, 0.717) is 13.0 Å². The van der Waals surface area contributed by atoms with Gasteiger partial charge >= 0.3 is 0 Å². The zero-order chi connectivity index (χ0) is 9.68. The third-order valence-electron chi connectivity index (χ3n) is 1.92. The van der Waals surface area contributed by atoms with Crippen LogP contribution in [0.2, 0.25) is 0 Å². The lowest BCUT2D eigenvalue weighted by molar-refractivity contribution is 0.170. The maximum Gasteiger partial charge on any atom is 0.0814 e. The van der Waals surface area contributed by atoms with E-state index in [9.17, 15) is 5.11 Å². The van der Waals surface area contributed by atoms with Crippen LogP contribution in [0.4, 0.5) is 0 Å². The average Bonchev–Trinajstić information content (AvgIpc) is 2.18. The van der Waals surface area contributed by atoms with Gasteiger partial charge in [0.1, 0.15) is 0 Å². The largest absolute Gasteiger partial charge is 0.388 e. The SMILES string of the molecule is C#Cc1ccccc1[C@@H](O)CCN. The molecule has 0 aromatic heterocycles. The van der Waals surface area contributed by atoms with Gasteiger partial charge in [-0.15, -0.1) is 6.42 Å². The highest BCUT2D eigenvalue weighted by Gasteiger charge is 2.08. The molecule has 0 amide bonds. The van der Waals surface area contributed by atoms with E-state index in [1.165, 1.54) is 0 Å². The van der Waals surface area contributed by atoms with Crippen LogP contribution in [0.25, 0.3) is 0 Å². The molecule has 3 N–H and O–H groups in total. The predicted molar refractivity (Wildman–Crippen MR) is 53.0 cm³/mol. The Labute approximate surface area is 78.4 Å². The van der Waals surface area contributed by atoms with Crippen molar-refractivity contribution in [2.24, 2.45) is 5.73 Å². The van der Waals surface area contributed by atoms with E-state index < -0.39 is 6.10 Å². The molecule has 1 aromatic rings. The molecule has 1 rings (SSSR count). The third kappa shape index (κ3) is 2.32. The quantitative estimate of drug-likeness (QED) is 0.674. The van der Waals surface area contributed by atoms with Crippen LogP contribution in [0.3, 0.4) is 0 Å². The summed E-state index contributed by atoms with van der Waals surface area (Å²) in [4.78, 5) is 0. The summed E-state index contributed by atoms with van der Waals surface area (Å²) < 4.78 is 0. The van der Waals surface area contributed by atoms with Crippen molar-refractivity contribution in [2.75, 3.05) is 6.54 Å². The van der Waals surface area contributed by atoms with Gasteiger partial charge < -0.3 is 10.8 Å². The first-order valence-corrected chi connectivity index (χ1v) is 4.23. The van der Waals surface area contributed by atoms with Gasteiger partial charge in [0.15, 0.2) is 0 Å². The van der Waals surface area contributed by atoms with Crippen LogP contribution in [-0.4, -0.2) is 11.7 Å². The second kappa shape index (κ2) is 4.66. The van der Waals surface area contributed by atoms with E-state index in [0.717, 1.165) is 11.1 Å². The average molecular weight is 175 g/mol. The number of benzene rings is 1. The molecule has 0 aliphatic carbocycles. The fourth-order valence-electron chi connectivity index (χ4n) is 1.23. The maximum atomic E-state index is 9.66. The number of rotatable bonds is 3. The summed E-state index contributed by atoms with van der Waals surface area (Å²) in [6.45, 7) is 0.458. The molecule has 0 bridgehead atoms. The van der Waals surface area contributed by atoms with Crippen LogP contribution < -0.4 is 5.73 Å². The Morgan fingerprint density at radius 1 is 1.46 bits per heavy atom. The van der Waals surface area contributed by atoms with E-state index in [-0.39, 0.29) is 0 Å². The first-order valence-electron chi connectivity index (χ1n) is 4.23. The summed E-state index contributed by atoms with van der Waals surface area (Å²) in [5.41, 5.74) is 6.87. The van der Waals surface area contributed by atoms with Gasteiger partial charge in [-0.3, -0.25) is 0 Å². The summed E-state index contributed by atoms with van der Waals surface area (Å²) >= 11 is 0. The lowest BCUT2D eigenvalue weighted by Gasteiger charge is -2.11. The van der Waals surface area contributed by atoms with E-state index in [4.69, 9.17) is 12.2 Å². The minimum atomic E-state index is -0.544. The second-order valence-corrected chi connectivity index (χ2v) is 2.82. The summed E-state index contributed by atoms with van der Waals surface area (Å²) in [5.74, 6) is 2.53. The maximum absolute atomic E-state index is 9.66. The van der Waals surface area contributed by atoms with Crippen molar-refractivity contribution in [3.8, 4) is 12.3 Å². The molecule has 0 saturated heterocycles. The van der Waals surface area contributed by atoms with Gasteiger partial charge in [-0.2, -0.15) is 0 Å². The van der Waals surface area contributed by atoms with Crippen LogP contribution in [0.15, 0.2) is 24.3 Å². The molecule has 0 fully saturated rings. The molecule has 0 heterocycles. The number of nitrogens with two attached hydrogens (primary N) is 1.